The standard InChI is InChI=1S/C13H18ClNO3/c1-9(2)17-7-8-18-13(16)12(15)10-5-3-4-6-11(10)14/h3-6,9,12H,7-8,15H2,1-2H3/t12-/m1/s1. The molecule has 0 radical (unpaired) electrons. The van der Waals surface area contributed by atoms with E-state index in [9.17, 15) is 4.79 Å². The summed E-state index contributed by atoms with van der Waals surface area (Å²) in [6.07, 6.45) is 0.112. The number of carbonyl (C=O) groups excluding carboxylic acids is 1. The molecule has 100 valence electrons. The van der Waals surface area contributed by atoms with Gasteiger partial charge in [0.25, 0.3) is 0 Å². The third-order valence-electron chi connectivity index (χ3n) is 2.27. The van der Waals surface area contributed by atoms with Gasteiger partial charge >= 0.3 is 5.97 Å². The number of hydrogen-bond donors (Lipinski definition) is 1. The molecule has 0 bridgehead atoms. The molecule has 0 saturated heterocycles. The van der Waals surface area contributed by atoms with Crippen LogP contribution in [0.1, 0.15) is 25.5 Å². The van der Waals surface area contributed by atoms with E-state index in [1.165, 1.54) is 0 Å². The van der Waals surface area contributed by atoms with Crippen molar-refractivity contribution in [1.29, 1.82) is 0 Å². The summed E-state index contributed by atoms with van der Waals surface area (Å²) in [5.41, 5.74) is 6.35. The van der Waals surface area contributed by atoms with E-state index in [1.54, 1.807) is 24.3 Å². The minimum Gasteiger partial charge on any atom is -0.462 e. The van der Waals surface area contributed by atoms with Gasteiger partial charge in [-0.3, -0.25) is 0 Å². The van der Waals surface area contributed by atoms with E-state index in [1.807, 2.05) is 13.8 Å². The monoisotopic (exact) mass is 271 g/mol. The van der Waals surface area contributed by atoms with Crippen molar-refractivity contribution in [3.05, 3.63) is 34.9 Å². The fraction of sp³-hybridized carbons (Fsp3) is 0.462. The Morgan fingerprint density at radius 2 is 2.00 bits per heavy atom. The summed E-state index contributed by atoms with van der Waals surface area (Å²) in [5, 5.41) is 0.459. The molecule has 0 aromatic heterocycles. The van der Waals surface area contributed by atoms with Gasteiger partial charge in [0, 0.05) is 5.02 Å². The average molecular weight is 272 g/mol. The van der Waals surface area contributed by atoms with Crippen LogP contribution in [0.3, 0.4) is 0 Å². The third-order valence-corrected chi connectivity index (χ3v) is 2.62. The van der Waals surface area contributed by atoms with Crippen molar-refractivity contribution in [2.24, 2.45) is 5.73 Å². The van der Waals surface area contributed by atoms with Crippen LogP contribution in [0, 0.1) is 0 Å². The second kappa shape index (κ2) is 7.36. The van der Waals surface area contributed by atoms with Gasteiger partial charge in [0.05, 0.1) is 12.7 Å². The Hall–Kier alpha value is -1.10. The lowest BCUT2D eigenvalue weighted by molar-refractivity contribution is -0.147. The van der Waals surface area contributed by atoms with E-state index in [-0.39, 0.29) is 12.7 Å². The molecule has 1 aromatic carbocycles. The number of esters is 1. The Labute approximate surface area is 112 Å². The highest BCUT2D eigenvalue weighted by molar-refractivity contribution is 6.31. The Bertz CT molecular complexity index is 396. The quantitative estimate of drug-likeness (QED) is 0.637. The number of hydrogen-bond acceptors (Lipinski definition) is 4. The number of benzene rings is 1. The first-order valence-electron chi connectivity index (χ1n) is 5.80. The van der Waals surface area contributed by atoms with Gasteiger partial charge < -0.3 is 15.2 Å². The predicted octanol–water partition coefficient (Wildman–Crippen LogP) is 2.31. The molecule has 0 fully saturated rings. The van der Waals surface area contributed by atoms with Gasteiger partial charge in [0.15, 0.2) is 0 Å². The number of carbonyl (C=O) groups is 1. The number of halogens is 1. The van der Waals surface area contributed by atoms with Gasteiger partial charge in [0.2, 0.25) is 0 Å². The molecule has 0 spiro atoms. The van der Waals surface area contributed by atoms with Crippen LogP contribution in [0.25, 0.3) is 0 Å². The summed E-state index contributed by atoms with van der Waals surface area (Å²) in [7, 11) is 0. The van der Waals surface area contributed by atoms with Crippen LogP contribution in [0.15, 0.2) is 24.3 Å². The molecule has 1 aromatic rings. The molecule has 18 heavy (non-hydrogen) atoms. The fourth-order valence-electron chi connectivity index (χ4n) is 1.37. The molecule has 0 aliphatic carbocycles. The van der Waals surface area contributed by atoms with Gasteiger partial charge in [0.1, 0.15) is 12.6 Å². The van der Waals surface area contributed by atoms with E-state index >= 15 is 0 Å². The Balaban J connectivity index is 2.45. The largest absolute Gasteiger partial charge is 0.462 e. The maximum atomic E-state index is 11.7. The van der Waals surface area contributed by atoms with E-state index in [2.05, 4.69) is 0 Å². The average Bonchev–Trinajstić information content (AvgIpc) is 2.34. The van der Waals surface area contributed by atoms with Crippen molar-refractivity contribution in [2.75, 3.05) is 13.2 Å². The zero-order valence-corrected chi connectivity index (χ0v) is 11.3. The minimum absolute atomic E-state index is 0.112. The summed E-state index contributed by atoms with van der Waals surface area (Å²) in [4.78, 5) is 11.7. The van der Waals surface area contributed by atoms with Gasteiger partial charge in [-0.25, -0.2) is 4.79 Å². The molecule has 4 nitrogen and oxygen atoms in total. The van der Waals surface area contributed by atoms with Crippen LogP contribution in [-0.4, -0.2) is 25.3 Å². The minimum atomic E-state index is -0.863. The molecular weight excluding hydrogens is 254 g/mol. The maximum Gasteiger partial charge on any atom is 0.327 e. The number of nitrogens with two attached hydrogens (primary N) is 1. The molecule has 0 heterocycles. The second-order valence-corrected chi connectivity index (χ2v) is 4.49. The van der Waals surface area contributed by atoms with Crippen molar-refractivity contribution < 1.29 is 14.3 Å². The van der Waals surface area contributed by atoms with Crippen LogP contribution in [0.5, 0.6) is 0 Å². The Morgan fingerprint density at radius 1 is 1.33 bits per heavy atom. The molecule has 0 aliphatic heterocycles. The highest BCUT2D eigenvalue weighted by Gasteiger charge is 2.19. The molecular formula is C13H18ClNO3. The molecule has 0 saturated carbocycles. The smallest absolute Gasteiger partial charge is 0.327 e. The van der Waals surface area contributed by atoms with Gasteiger partial charge in [-0.15, -0.1) is 0 Å². The van der Waals surface area contributed by atoms with Crippen molar-refractivity contribution >= 4 is 17.6 Å². The van der Waals surface area contributed by atoms with E-state index < -0.39 is 12.0 Å². The third kappa shape index (κ3) is 4.64. The predicted molar refractivity (Wildman–Crippen MR) is 70.4 cm³/mol. The van der Waals surface area contributed by atoms with E-state index in [4.69, 9.17) is 26.8 Å². The zero-order chi connectivity index (χ0) is 13.5. The van der Waals surface area contributed by atoms with E-state index in [0.717, 1.165) is 0 Å². The van der Waals surface area contributed by atoms with Gasteiger partial charge in [-0.05, 0) is 25.5 Å². The summed E-state index contributed by atoms with van der Waals surface area (Å²) in [6, 6.07) is 6.08. The van der Waals surface area contributed by atoms with Crippen LogP contribution in [-0.2, 0) is 14.3 Å². The summed E-state index contributed by atoms with van der Waals surface area (Å²) >= 11 is 5.95. The second-order valence-electron chi connectivity index (χ2n) is 4.09. The van der Waals surface area contributed by atoms with Crippen molar-refractivity contribution in [1.82, 2.24) is 0 Å². The van der Waals surface area contributed by atoms with Crippen LogP contribution < -0.4 is 5.73 Å². The van der Waals surface area contributed by atoms with Crippen LogP contribution in [0.2, 0.25) is 5.02 Å². The number of ether oxygens (including phenoxy) is 2. The SMILES string of the molecule is CC(C)OCCOC(=O)[C@H](N)c1ccccc1Cl. The maximum absolute atomic E-state index is 11.7. The van der Waals surface area contributed by atoms with Crippen molar-refractivity contribution in [3.63, 3.8) is 0 Å². The van der Waals surface area contributed by atoms with Gasteiger partial charge in [-0.1, -0.05) is 29.8 Å². The number of rotatable bonds is 6. The highest BCUT2D eigenvalue weighted by Crippen LogP contribution is 2.21. The summed E-state index contributed by atoms with van der Waals surface area (Å²) < 4.78 is 10.3. The fourth-order valence-corrected chi connectivity index (χ4v) is 1.62. The summed E-state index contributed by atoms with van der Waals surface area (Å²) in [5.74, 6) is -0.504. The Morgan fingerprint density at radius 3 is 2.61 bits per heavy atom. The summed E-state index contributed by atoms with van der Waals surface area (Å²) in [6.45, 7) is 4.38. The topological polar surface area (TPSA) is 61.5 Å². The molecule has 0 unspecified atom stereocenters. The molecule has 1 atom stereocenters. The molecule has 0 aliphatic rings. The lowest BCUT2D eigenvalue weighted by Crippen LogP contribution is -2.25. The molecule has 5 heteroatoms. The zero-order valence-electron chi connectivity index (χ0n) is 10.6. The first-order valence-corrected chi connectivity index (χ1v) is 6.18. The lowest BCUT2D eigenvalue weighted by Gasteiger charge is -2.13. The molecule has 2 N–H and O–H groups in total. The normalized spacial score (nSPS) is 12.5. The van der Waals surface area contributed by atoms with Crippen molar-refractivity contribution in [3.8, 4) is 0 Å². The molecule has 1 rings (SSSR count). The van der Waals surface area contributed by atoms with Gasteiger partial charge in [-0.2, -0.15) is 0 Å². The lowest BCUT2D eigenvalue weighted by atomic mass is 10.1. The van der Waals surface area contributed by atoms with Crippen LogP contribution in [0.4, 0.5) is 0 Å². The first kappa shape index (κ1) is 15.0. The van der Waals surface area contributed by atoms with Crippen molar-refractivity contribution in [2.45, 2.75) is 26.0 Å². The molecule has 0 amide bonds. The highest BCUT2D eigenvalue weighted by atomic mass is 35.5. The Kier molecular flexibility index (Phi) is 6.12. The van der Waals surface area contributed by atoms with E-state index in [0.29, 0.717) is 17.2 Å². The van der Waals surface area contributed by atoms with Crippen LogP contribution >= 0.6 is 11.6 Å². The first-order chi connectivity index (χ1) is 8.52.